The van der Waals surface area contributed by atoms with E-state index in [1.165, 1.54) is 18.1 Å². The number of rotatable bonds is 2. The van der Waals surface area contributed by atoms with Gasteiger partial charge in [0.05, 0.1) is 6.10 Å². The van der Waals surface area contributed by atoms with E-state index < -0.39 is 0 Å². The van der Waals surface area contributed by atoms with Crippen molar-refractivity contribution in [3.05, 3.63) is 57.5 Å². The van der Waals surface area contributed by atoms with Gasteiger partial charge in [-0.1, -0.05) is 56.1 Å². The van der Waals surface area contributed by atoms with E-state index in [9.17, 15) is 4.79 Å². The number of carbonyl (C=O) groups is 1. The van der Waals surface area contributed by atoms with Gasteiger partial charge in [-0.05, 0) is 49.2 Å². The van der Waals surface area contributed by atoms with Crippen LogP contribution >= 0.6 is 31.9 Å². The Labute approximate surface area is 142 Å². The number of benzene rings is 2. The average molecular weight is 414 g/mol. The second-order valence-electron chi connectivity index (χ2n) is 4.67. The van der Waals surface area contributed by atoms with Gasteiger partial charge in [0.15, 0.2) is 0 Å². The number of hydrogen-bond acceptors (Lipinski definition) is 2. The highest BCUT2D eigenvalue weighted by Crippen LogP contribution is 2.23. The fourth-order valence-corrected chi connectivity index (χ4v) is 2.15. The molecule has 0 amide bonds. The Balaban J connectivity index is 0.000000270. The largest absolute Gasteiger partial charge is 0.463 e. The first-order valence-corrected chi connectivity index (χ1v) is 8.16. The molecule has 0 N–H and O–H groups in total. The molecule has 21 heavy (non-hydrogen) atoms. The van der Waals surface area contributed by atoms with E-state index in [0.29, 0.717) is 0 Å². The highest BCUT2D eigenvalue weighted by molar-refractivity contribution is 9.10. The number of carbonyl (C=O) groups excluding carboxylic acids is 1. The molecule has 0 radical (unpaired) electrons. The summed E-state index contributed by atoms with van der Waals surface area (Å²) in [4.78, 5) is 10.0. The van der Waals surface area contributed by atoms with E-state index in [-0.39, 0.29) is 12.1 Å². The van der Waals surface area contributed by atoms with E-state index in [1.54, 1.807) is 0 Å². The van der Waals surface area contributed by atoms with Gasteiger partial charge in [-0.25, -0.2) is 0 Å². The van der Waals surface area contributed by atoms with Gasteiger partial charge in [-0.15, -0.1) is 0 Å². The topological polar surface area (TPSA) is 26.3 Å². The van der Waals surface area contributed by atoms with Crippen molar-refractivity contribution in [1.29, 1.82) is 0 Å². The maximum absolute atomic E-state index is 10.0. The molecule has 0 spiro atoms. The normalized spacial score (nSPS) is 9.81. The maximum atomic E-state index is 10.0. The van der Waals surface area contributed by atoms with Crippen LogP contribution in [0.4, 0.5) is 0 Å². The minimum absolute atomic E-state index is 0.0255. The summed E-state index contributed by atoms with van der Waals surface area (Å²) in [5.41, 5.74) is 2.47. The van der Waals surface area contributed by atoms with Crippen molar-refractivity contribution in [2.45, 2.75) is 26.9 Å². The first-order chi connectivity index (χ1) is 9.88. The van der Waals surface area contributed by atoms with Crippen molar-refractivity contribution in [3.8, 4) is 11.1 Å². The summed E-state index contributed by atoms with van der Waals surface area (Å²) >= 11 is 6.84. The number of hydrogen-bond donors (Lipinski definition) is 0. The molecule has 0 fully saturated rings. The van der Waals surface area contributed by atoms with Crippen LogP contribution < -0.4 is 0 Å². The van der Waals surface area contributed by atoms with Crippen molar-refractivity contribution in [2.75, 3.05) is 0 Å². The van der Waals surface area contributed by atoms with E-state index in [4.69, 9.17) is 0 Å². The lowest BCUT2D eigenvalue weighted by atomic mass is 10.1. The molecular formula is C17H18Br2O2. The Morgan fingerprint density at radius 3 is 1.38 bits per heavy atom. The molecule has 0 atom stereocenters. The smallest absolute Gasteiger partial charge is 0.302 e. The molecule has 2 nitrogen and oxygen atoms in total. The van der Waals surface area contributed by atoms with Gasteiger partial charge in [-0.3, -0.25) is 4.79 Å². The molecule has 2 aromatic rings. The molecule has 0 saturated carbocycles. The zero-order valence-corrected chi connectivity index (χ0v) is 15.4. The molecule has 0 saturated heterocycles. The van der Waals surface area contributed by atoms with Crippen molar-refractivity contribution in [2.24, 2.45) is 0 Å². The second-order valence-corrected chi connectivity index (χ2v) is 6.50. The third kappa shape index (κ3) is 7.44. The van der Waals surface area contributed by atoms with Crippen LogP contribution in [0, 0.1) is 0 Å². The Kier molecular flexibility index (Phi) is 7.68. The highest BCUT2D eigenvalue weighted by atomic mass is 79.9. The van der Waals surface area contributed by atoms with Crippen LogP contribution in [-0.2, 0) is 9.53 Å². The summed E-state index contributed by atoms with van der Waals surface area (Å²) in [5.74, 6) is -0.213. The molecular weight excluding hydrogens is 396 g/mol. The predicted octanol–water partition coefficient (Wildman–Crippen LogP) is 5.84. The Morgan fingerprint density at radius 1 is 0.857 bits per heavy atom. The van der Waals surface area contributed by atoms with Gasteiger partial charge in [0.25, 0.3) is 0 Å². The maximum Gasteiger partial charge on any atom is 0.302 e. The fraction of sp³-hybridized carbons (Fsp3) is 0.235. The summed E-state index contributed by atoms with van der Waals surface area (Å²) in [6.45, 7) is 5.04. The standard InChI is InChI=1S/C12H8Br2.C5H10O2/c13-11-5-1-9(2-6-11)10-3-7-12(14)8-4-10;1-4(2)7-5(3)6/h1-8H;4H,1-3H3. The lowest BCUT2D eigenvalue weighted by Crippen LogP contribution is -2.06. The Morgan fingerprint density at radius 2 is 1.19 bits per heavy atom. The SMILES string of the molecule is Brc1ccc(-c2ccc(Br)cc2)cc1.CC(=O)OC(C)C. The highest BCUT2D eigenvalue weighted by Gasteiger charge is 1.96. The van der Waals surface area contributed by atoms with Gasteiger partial charge in [0.1, 0.15) is 0 Å². The summed E-state index contributed by atoms with van der Waals surface area (Å²) in [6, 6.07) is 16.6. The lowest BCUT2D eigenvalue weighted by molar-refractivity contribution is -0.144. The minimum Gasteiger partial charge on any atom is -0.463 e. The Bertz CT molecular complexity index is 517. The molecule has 0 aliphatic heterocycles. The molecule has 4 heteroatoms. The summed E-state index contributed by atoms with van der Waals surface area (Å²) in [7, 11) is 0. The third-order valence-corrected chi connectivity index (χ3v) is 3.48. The van der Waals surface area contributed by atoms with Crippen molar-refractivity contribution < 1.29 is 9.53 Å². The third-order valence-electron chi connectivity index (χ3n) is 2.42. The molecule has 0 bridgehead atoms. The first kappa shape index (κ1) is 17.9. The molecule has 2 aromatic carbocycles. The van der Waals surface area contributed by atoms with Gasteiger partial charge in [-0.2, -0.15) is 0 Å². The zero-order chi connectivity index (χ0) is 15.8. The van der Waals surface area contributed by atoms with Gasteiger partial charge < -0.3 is 4.74 Å². The quantitative estimate of drug-likeness (QED) is 0.578. The van der Waals surface area contributed by atoms with Crippen LogP contribution in [0.1, 0.15) is 20.8 Å². The summed E-state index contributed by atoms with van der Waals surface area (Å²) in [6.07, 6.45) is 0.0255. The average Bonchev–Trinajstić information content (AvgIpc) is 2.40. The zero-order valence-electron chi connectivity index (χ0n) is 12.3. The van der Waals surface area contributed by atoms with E-state index in [0.717, 1.165) is 8.95 Å². The van der Waals surface area contributed by atoms with Crippen LogP contribution in [-0.4, -0.2) is 12.1 Å². The molecule has 2 rings (SSSR count). The predicted molar refractivity (Wildman–Crippen MR) is 94.2 cm³/mol. The summed E-state index contributed by atoms with van der Waals surface area (Å²) in [5, 5.41) is 0. The van der Waals surface area contributed by atoms with Gasteiger partial charge in [0, 0.05) is 15.9 Å². The van der Waals surface area contributed by atoms with Crippen molar-refractivity contribution in [3.63, 3.8) is 0 Å². The van der Waals surface area contributed by atoms with Gasteiger partial charge >= 0.3 is 5.97 Å². The minimum atomic E-state index is -0.213. The van der Waals surface area contributed by atoms with E-state index in [2.05, 4.69) is 85.1 Å². The van der Waals surface area contributed by atoms with E-state index >= 15 is 0 Å². The number of ether oxygens (including phenoxy) is 1. The van der Waals surface area contributed by atoms with Crippen LogP contribution in [0.5, 0.6) is 0 Å². The van der Waals surface area contributed by atoms with Crippen molar-refractivity contribution >= 4 is 37.8 Å². The van der Waals surface area contributed by atoms with Gasteiger partial charge in [0.2, 0.25) is 0 Å². The molecule has 0 unspecified atom stereocenters. The molecule has 112 valence electrons. The molecule has 0 aliphatic carbocycles. The number of esters is 1. The molecule has 0 heterocycles. The first-order valence-electron chi connectivity index (χ1n) is 6.57. The van der Waals surface area contributed by atoms with E-state index in [1.807, 2.05) is 13.8 Å². The second kappa shape index (κ2) is 9.00. The molecule has 0 aliphatic rings. The van der Waals surface area contributed by atoms with Crippen LogP contribution in [0.3, 0.4) is 0 Å². The molecule has 0 aromatic heterocycles. The van der Waals surface area contributed by atoms with Crippen LogP contribution in [0.2, 0.25) is 0 Å². The monoisotopic (exact) mass is 412 g/mol. The fourth-order valence-electron chi connectivity index (χ4n) is 1.62. The lowest BCUT2D eigenvalue weighted by Gasteiger charge is -2.01. The Hall–Kier alpha value is -1.13. The van der Waals surface area contributed by atoms with Crippen LogP contribution in [0.15, 0.2) is 57.5 Å². The van der Waals surface area contributed by atoms with Crippen molar-refractivity contribution in [1.82, 2.24) is 0 Å². The van der Waals surface area contributed by atoms with Crippen LogP contribution in [0.25, 0.3) is 11.1 Å². The number of halogens is 2. The summed E-state index contributed by atoms with van der Waals surface area (Å²) < 4.78 is 6.83.